The van der Waals surface area contributed by atoms with Crippen molar-refractivity contribution in [1.82, 2.24) is 0 Å². The van der Waals surface area contributed by atoms with Gasteiger partial charge in [-0.1, -0.05) is 15.2 Å². The Hall–Kier alpha value is -0.400. The van der Waals surface area contributed by atoms with Crippen molar-refractivity contribution in [3.05, 3.63) is 0 Å². The minimum Gasteiger partial charge on any atom is -0.382 e. The Labute approximate surface area is 88.8 Å². The van der Waals surface area contributed by atoms with Gasteiger partial charge in [0.05, 0.1) is 0 Å². The molecule has 16 heavy (non-hydrogen) atoms. The molecular formula is C6H13O10+. The van der Waals surface area contributed by atoms with Crippen LogP contribution in [0.2, 0.25) is 0 Å². The van der Waals surface area contributed by atoms with E-state index < -0.39 is 37.3 Å². The molecule has 1 aliphatic rings. The van der Waals surface area contributed by atoms with Crippen LogP contribution in [-0.2, 0) is 19.2 Å². The number of hydrogen-bond donors (Lipinski definition) is 6. The smallest absolute Gasteiger partial charge is 0.319 e. The zero-order chi connectivity index (χ0) is 12.3. The standard InChI is InChI=1S/C6H12O10/c7-3-4(15-10)2(1-13-9)14-6(8)5(3)16(11)12/h2-8,11-12H,1H2,(H-,9,10)/p+1/t2-,3+,4-,5-,6-/m1/s1. The van der Waals surface area contributed by atoms with Crippen LogP contribution < -0.4 is 0 Å². The highest BCUT2D eigenvalue weighted by molar-refractivity contribution is 4.89. The summed E-state index contributed by atoms with van der Waals surface area (Å²) in [4.78, 5) is 7.58. The van der Waals surface area contributed by atoms with Gasteiger partial charge in [0.15, 0.2) is 12.2 Å². The molecule has 10 nitrogen and oxygen atoms in total. The Kier molecular flexibility index (Phi) is 4.94. The summed E-state index contributed by atoms with van der Waals surface area (Å²) < 4.78 is 5.05. The first-order valence-electron chi connectivity index (χ1n) is 4.22. The van der Waals surface area contributed by atoms with Gasteiger partial charge in [-0.2, -0.15) is 0 Å². The maximum Gasteiger partial charge on any atom is 0.319 e. The number of aliphatic hydroxyl groups excluding tert-OH is 2. The van der Waals surface area contributed by atoms with Crippen LogP contribution in [0.4, 0.5) is 0 Å². The summed E-state index contributed by atoms with van der Waals surface area (Å²) in [7, 11) is 0. The van der Waals surface area contributed by atoms with E-state index in [0.717, 1.165) is 0 Å². The highest BCUT2D eigenvalue weighted by atomic mass is 17.5. The lowest BCUT2D eigenvalue weighted by Gasteiger charge is -2.36. The molecule has 1 rings (SSSR count). The minimum atomic E-state index is -1.80. The summed E-state index contributed by atoms with van der Waals surface area (Å²) in [6.07, 6.45) is -7.88. The molecule has 0 aromatic rings. The van der Waals surface area contributed by atoms with Crippen LogP contribution in [0, 0.1) is 0 Å². The second-order valence-electron chi connectivity index (χ2n) is 3.18. The van der Waals surface area contributed by atoms with Gasteiger partial charge in [0.2, 0.25) is 6.29 Å². The van der Waals surface area contributed by atoms with Crippen molar-refractivity contribution in [2.24, 2.45) is 0 Å². The van der Waals surface area contributed by atoms with Crippen LogP contribution in [0.1, 0.15) is 0 Å². The highest BCUT2D eigenvalue weighted by Crippen LogP contribution is 2.25. The first kappa shape index (κ1) is 13.7. The largest absolute Gasteiger partial charge is 0.382 e. The van der Waals surface area contributed by atoms with Crippen LogP contribution in [0.25, 0.3) is 0 Å². The molecule has 96 valence electrons. The van der Waals surface area contributed by atoms with Crippen molar-refractivity contribution in [1.29, 1.82) is 0 Å². The highest BCUT2D eigenvalue weighted by Gasteiger charge is 2.54. The SMILES string of the molecule is OOC[C@H]1O[C@@H](O)[C@H]([O+](O)O)[C@@H](O)[C@@H]1OO. The molecule has 0 amide bonds. The topological polar surface area (TPSA) is 152 Å². The number of aliphatic hydroxyl groups is 2. The van der Waals surface area contributed by atoms with Crippen molar-refractivity contribution in [3.8, 4) is 0 Å². The molecule has 0 aromatic heterocycles. The lowest BCUT2D eigenvalue weighted by molar-refractivity contribution is -0.669. The van der Waals surface area contributed by atoms with E-state index in [0.29, 0.717) is 4.67 Å². The van der Waals surface area contributed by atoms with Crippen LogP contribution in [0.15, 0.2) is 0 Å². The summed E-state index contributed by atoms with van der Waals surface area (Å²) in [5.74, 6) is 0. The van der Waals surface area contributed by atoms with Gasteiger partial charge in [0.1, 0.15) is 12.7 Å². The first-order chi connectivity index (χ1) is 7.52. The van der Waals surface area contributed by atoms with Crippen molar-refractivity contribution >= 4 is 0 Å². The monoisotopic (exact) mass is 245 g/mol. The van der Waals surface area contributed by atoms with Gasteiger partial charge in [0.25, 0.3) is 0 Å². The molecule has 0 radical (unpaired) electrons. The lowest BCUT2D eigenvalue weighted by atomic mass is 9.99. The zero-order valence-electron chi connectivity index (χ0n) is 7.91. The van der Waals surface area contributed by atoms with Gasteiger partial charge in [-0.05, 0) is 0 Å². The maximum atomic E-state index is 9.52. The molecule has 0 spiro atoms. The number of ether oxygens (including phenoxy) is 1. The van der Waals surface area contributed by atoms with Gasteiger partial charge >= 0.3 is 6.10 Å². The Balaban J connectivity index is 2.77. The number of hydrogen-bond acceptors (Lipinski definition) is 9. The molecule has 10 heteroatoms. The molecule has 6 N–H and O–H groups in total. The predicted octanol–water partition coefficient (Wildman–Crippen LogP) is -1.72. The Morgan fingerprint density at radius 3 is 2.25 bits per heavy atom. The molecule has 1 aliphatic heterocycles. The van der Waals surface area contributed by atoms with Gasteiger partial charge in [0, 0.05) is 0 Å². The van der Waals surface area contributed by atoms with E-state index in [2.05, 4.69) is 9.78 Å². The molecule has 1 saturated heterocycles. The molecule has 0 aliphatic carbocycles. The second-order valence-corrected chi connectivity index (χ2v) is 3.18. The summed E-state index contributed by atoms with van der Waals surface area (Å²) in [6.45, 7) is -0.506. The van der Waals surface area contributed by atoms with E-state index in [9.17, 15) is 10.2 Å². The Morgan fingerprint density at radius 2 is 1.81 bits per heavy atom. The third-order valence-corrected chi connectivity index (χ3v) is 2.24. The van der Waals surface area contributed by atoms with Crippen molar-refractivity contribution in [3.63, 3.8) is 0 Å². The van der Waals surface area contributed by atoms with Crippen LogP contribution in [-0.4, -0.2) is 68.6 Å². The van der Waals surface area contributed by atoms with Gasteiger partial charge in [-0.15, -0.1) is 0 Å². The van der Waals surface area contributed by atoms with Crippen LogP contribution in [0.3, 0.4) is 0 Å². The summed E-state index contributed by atoms with van der Waals surface area (Å²) in [5.41, 5.74) is 0. The van der Waals surface area contributed by atoms with E-state index in [1.807, 2.05) is 0 Å². The Morgan fingerprint density at radius 1 is 1.19 bits per heavy atom. The molecule has 1 fully saturated rings. The van der Waals surface area contributed by atoms with Crippen molar-refractivity contribution < 1.29 is 50.4 Å². The van der Waals surface area contributed by atoms with Crippen molar-refractivity contribution in [2.45, 2.75) is 30.7 Å². The third kappa shape index (κ3) is 2.64. The third-order valence-electron chi connectivity index (χ3n) is 2.24. The molecule has 5 atom stereocenters. The molecule has 0 saturated carbocycles. The molecule has 0 aromatic carbocycles. The quantitative estimate of drug-likeness (QED) is 0.193. The van der Waals surface area contributed by atoms with E-state index in [1.165, 1.54) is 0 Å². The van der Waals surface area contributed by atoms with Crippen LogP contribution in [0.5, 0.6) is 0 Å². The van der Waals surface area contributed by atoms with Crippen molar-refractivity contribution in [2.75, 3.05) is 6.61 Å². The van der Waals surface area contributed by atoms with E-state index in [1.54, 1.807) is 0 Å². The first-order valence-corrected chi connectivity index (χ1v) is 4.22. The predicted molar refractivity (Wildman–Crippen MR) is 43.1 cm³/mol. The fourth-order valence-corrected chi connectivity index (χ4v) is 1.48. The fraction of sp³-hybridized carbons (Fsp3) is 1.00. The fourth-order valence-electron chi connectivity index (χ4n) is 1.48. The summed E-state index contributed by atoms with van der Waals surface area (Å²) in [5, 5.41) is 52.8. The summed E-state index contributed by atoms with van der Waals surface area (Å²) in [6, 6.07) is 0. The zero-order valence-corrected chi connectivity index (χ0v) is 7.91. The second kappa shape index (κ2) is 5.79. The molecule has 0 bridgehead atoms. The van der Waals surface area contributed by atoms with Crippen LogP contribution >= 0.6 is 0 Å². The summed E-state index contributed by atoms with van der Waals surface area (Å²) >= 11 is 0. The lowest BCUT2D eigenvalue weighted by Crippen LogP contribution is -2.61. The molecule has 1 heterocycles. The van der Waals surface area contributed by atoms with E-state index >= 15 is 0 Å². The normalized spacial score (nSPS) is 40.3. The van der Waals surface area contributed by atoms with Gasteiger partial charge < -0.3 is 14.9 Å². The van der Waals surface area contributed by atoms with Gasteiger partial charge in [-0.25, -0.2) is 9.78 Å². The number of rotatable bonds is 4. The molecule has 0 unspecified atom stereocenters. The Bertz CT molecular complexity index is 209. The minimum absolute atomic E-state index is 0.337. The van der Waals surface area contributed by atoms with E-state index in [-0.39, 0.29) is 0 Å². The van der Waals surface area contributed by atoms with Gasteiger partial charge in [-0.3, -0.25) is 10.5 Å². The van der Waals surface area contributed by atoms with E-state index in [4.69, 9.17) is 25.8 Å². The average Bonchev–Trinajstić information content (AvgIpc) is 2.17. The average molecular weight is 245 g/mol. The maximum absolute atomic E-state index is 9.52. The molecular weight excluding hydrogens is 232 g/mol.